The summed E-state index contributed by atoms with van der Waals surface area (Å²) in [4.78, 5) is 72.8. The number of unbranched alkanes of at least 4 members (excludes halogenated alkanes) is 54. The second-order valence-electron chi connectivity index (χ2n) is 30.0. The average Bonchev–Trinajstić information content (AvgIpc) is 1.14. The first kappa shape index (κ1) is 99.1. The number of carbonyl (C=O) groups is 4. The Hall–Kier alpha value is -1.94. The van der Waals surface area contributed by atoms with Crippen molar-refractivity contribution in [3.05, 3.63) is 0 Å². The van der Waals surface area contributed by atoms with E-state index in [-0.39, 0.29) is 25.7 Å². The lowest BCUT2D eigenvalue weighted by Crippen LogP contribution is -2.30. The number of rotatable bonds is 82. The largest absolute Gasteiger partial charge is 0.472 e. The van der Waals surface area contributed by atoms with Gasteiger partial charge in [-0.1, -0.05) is 388 Å². The summed E-state index contributed by atoms with van der Waals surface area (Å²) in [5, 5.41) is 10.6. The molecule has 0 radical (unpaired) electrons. The van der Waals surface area contributed by atoms with E-state index in [1.165, 1.54) is 250 Å². The predicted molar refractivity (Wildman–Crippen MR) is 414 cm³/mol. The number of esters is 4. The molecule has 3 N–H and O–H groups in total. The Morgan fingerprint density at radius 1 is 0.267 bits per heavy atom. The maximum Gasteiger partial charge on any atom is 0.472 e. The van der Waals surface area contributed by atoms with Gasteiger partial charge in [-0.25, -0.2) is 9.13 Å². The highest BCUT2D eigenvalue weighted by Crippen LogP contribution is 2.45. The number of hydrogen-bond acceptors (Lipinski definition) is 15. The van der Waals surface area contributed by atoms with E-state index in [1.54, 1.807) is 0 Å². The van der Waals surface area contributed by atoms with E-state index in [2.05, 4.69) is 34.6 Å². The summed E-state index contributed by atoms with van der Waals surface area (Å²) < 4.78 is 68.5. The van der Waals surface area contributed by atoms with Crippen molar-refractivity contribution in [3.8, 4) is 0 Å². The number of carbonyl (C=O) groups excluding carboxylic acids is 4. The van der Waals surface area contributed by atoms with E-state index in [0.717, 1.165) is 109 Å². The van der Waals surface area contributed by atoms with Gasteiger partial charge in [0.2, 0.25) is 0 Å². The van der Waals surface area contributed by atoms with Gasteiger partial charge in [0.15, 0.2) is 12.2 Å². The van der Waals surface area contributed by atoms with Crippen molar-refractivity contribution in [2.24, 2.45) is 5.92 Å². The van der Waals surface area contributed by atoms with Crippen LogP contribution in [0.1, 0.15) is 439 Å². The zero-order valence-corrected chi connectivity index (χ0v) is 67.8. The van der Waals surface area contributed by atoms with Crippen molar-refractivity contribution in [2.75, 3.05) is 39.6 Å². The molecule has 0 amide bonds. The van der Waals surface area contributed by atoms with Gasteiger partial charge >= 0.3 is 39.5 Å². The molecule has 0 heterocycles. The molecule has 0 aliphatic carbocycles. The molecule has 17 nitrogen and oxygen atoms in total. The summed E-state index contributed by atoms with van der Waals surface area (Å²) in [6.45, 7) is 7.23. The fraction of sp³-hybridized carbons (Fsp3) is 0.951. The van der Waals surface area contributed by atoms with Crippen LogP contribution in [0.4, 0.5) is 0 Å². The molecule has 0 fully saturated rings. The molecule has 0 aliphatic rings. The molecule has 0 aromatic heterocycles. The monoisotopic (exact) mass is 1480 g/mol. The number of aliphatic hydroxyl groups excluding tert-OH is 1. The molecule has 0 bridgehead atoms. The minimum atomic E-state index is -4.96. The lowest BCUT2D eigenvalue weighted by atomic mass is 10.0. The van der Waals surface area contributed by atoms with Crippen LogP contribution in [0.2, 0.25) is 0 Å². The second-order valence-corrected chi connectivity index (χ2v) is 32.9. The minimum absolute atomic E-state index is 0.105. The Morgan fingerprint density at radius 2 is 0.455 bits per heavy atom. The van der Waals surface area contributed by atoms with Gasteiger partial charge in [-0.05, 0) is 31.6 Å². The van der Waals surface area contributed by atoms with Crippen molar-refractivity contribution in [3.63, 3.8) is 0 Å². The fourth-order valence-electron chi connectivity index (χ4n) is 12.8. The fourth-order valence-corrected chi connectivity index (χ4v) is 14.3. The molecular formula is C82H160O17P2. The molecule has 600 valence electrons. The van der Waals surface area contributed by atoms with Gasteiger partial charge in [0, 0.05) is 25.7 Å². The van der Waals surface area contributed by atoms with Crippen LogP contribution in [-0.2, 0) is 65.4 Å². The predicted octanol–water partition coefficient (Wildman–Crippen LogP) is 24.8. The third-order valence-corrected chi connectivity index (χ3v) is 21.2. The first-order chi connectivity index (χ1) is 49.0. The molecule has 0 saturated heterocycles. The Kier molecular flexibility index (Phi) is 73.5. The molecule has 2 unspecified atom stereocenters. The van der Waals surface area contributed by atoms with Crippen LogP contribution in [0, 0.1) is 5.92 Å². The van der Waals surface area contributed by atoms with E-state index in [0.29, 0.717) is 25.7 Å². The Bertz CT molecular complexity index is 1930. The van der Waals surface area contributed by atoms with Gasteiger partial charge in [-0.3, -0.25) is 37.3 Å². The van der Waals surface area contributed by atoms with E-state index >= 15 is 0 Å². The summed E-state index contributed by atoms with van der Waals surface area (Å²) in [5.74, 6) is -1.40. The van der Waals surface area contributed by atoms with Crippen LogP contribution in [0.5, 0.6) is 0 Å². The van der Waals surface area contributed by atoms with Crippen LogP contribution in [0.15, 0.2) is 0 Å². The normalized spacial score (nSPS) is 13.8. The van der Waals surface area contributed by atoms with E-state index in [9.17, 15) is 43.2 Å². The van der Waals surface area contributed by atoms with E-state index in [1.807, 2.05) is 0 Å². The summed E-state index contributed by atoms with van der Waals surface area (Å²) in [5.41, 5.74) is 0. The van der Waals surface area contributed by atoms with Gasteiger partial charge in [-0.2, -0.15) is 0 Å². The van der Waals surface area contributed by atoms with Gasteiger partial charge < -0.3 is 33.8 Å². The average molecular weight is 1480 g/mol. The summed E-state index contributed by atoms with van der Waals surface area (Å²) >= 11 is 0. The first-order valence-electron chi connectivity index (χ1n) is 42.6. The van der Waals surface area contributed by atoms with Crippen LogP contribution in [0.3, 0.4) is 0 Å². The summed E-state index contributed by atoms with van der Waals surface area (Å²) in [7, 11) is -9.91. The Balaban J connectivity index is 5.13. The van der Waals surface area contributed by atoms with Crippen LogP contribution < -0.4 is 0 Å². The van der Waals surface area contributed by atoms with Crippen LogP contribution >= 0.6 is 15.6 Å². The van der Waals surface area contributed by atoms with Crippen LogP contribution in [-0.4, -0.2) is 96.7 Å². The summed E-state index contributed by atoms with van der Waals surface area (Å²) in [6.07, 6.45) is 67.2. The van der Waals surface area contributed by atoms with E-state index in [4.69, 9.17) is 37.0 Å². The van der Waals surface area contributed by atoms with Crippen molar-refractivity contribution < 1.29 is 80.2 Å². The number of hydrogen-bond donors (Lipinski definition) is 3. The van der Waals surface area contributed by atoms with Crippen molar-refractivity contribution in [1.29, 1.82) is 0 Å². The highest BCUT2D eigenvalue weighted by Gasteiger charge is 2.30. The topological polar surface area (TPSA) is 237 Å². The lowest BCUT2D eigenvalue weighted by Gasteiger charge is -2.21. The van der Waals surface area contributed by atoms with Crippen molar-refractivity contribution in [1.82, 2.24) is 0 Å². The third kappa shape index (κ3) is 76.1. The van der Waals surface area contributed by atoms with Crippen molar-refractivity contribution >= 4 is 39.5 Å². The smallest absolute Gasteiger partial charge is 0.462 e. The molecule has 0 aliphatic heterocycles. The lowest BCUT2D eigenvalue weighted by molar-refractivity contribution is -0.161. The molecular weight excluding hydrogens is 1320 g/mol. The molecule has 0 spiro atoms. The number of aliphatic hydroxyl groups is 1. The standard InChI is InChI=1S/C82H160O17P2/c1-6-9-12-15-18-20-22-24-26-28-30-32-34-36-38-40-42-44-46-52-57-62-67-81(86)98-78(72-93-80(85)66-61-56-51-45-43-41-39-37-35-33-31-29-27-25-23-21-19-16-13-10-7-2)74-97-101(90,91)95-70-76(83)69-94-100(88,89)96-73-77(71-92-79(84)65-60-55-49-17-14-11-8-3)99-82(87)68-63-58-53-48-47-50-54-59-64-75(4)5/h75-78,83H,6-74H2,1-5H3,(H,88,89)(H,90,91)/t76-,77+,78+/m0/s1. The second kappa shape index (κ2) is 74.9. The maximum absolute atomic E-state index is 13.1. The summed E-state index contributed by atoms with van der Waals surface area (Å²) in [6, 6.07) is 0. The quantitative estimate of drug-likeness (QED) is 0.0222. The van der Waals surface area contributed by atoms with Gasteiger partial charge in [-0.15, -0.1) is 0 Å². The molecule has 5 atom stereocenters. The molecule has 0 saturated carbocycles. The third-order valence-electron chi connectivity index (χ3n) is 19.3. The SMILES string of the molecule is CCCCCCCCCCCCCCCCCCCCCCCCC(=O)O[C@H](COC(=O)CCCCCCCCCCCCCCCCCCCCCCC)COP(=O)(O)OC[C@@H](O)COP(=O)(O)OC[C@@H](COC(=O)CCCCCCCCC)OC(=O)CCCCCCCCCCC(C)C. The number of phosphoric ester groups is 2. The van der Waals surface area contributed by atoms with Gasteiger partial charge in [0.25, 0.3) is 0 Å². The zero-order valence-electron chi connectivity index (χ0n) is 66.1. The zero-order chi connectivity index (χ0) is 74.1. The van der Waals surface area contributed by atoms with Crippen LogP contribution in [0.25, 0.3) is 0 Å². The van der Waals surface area contributed by atoms with Crippen molar-refractivity contribution in [2.45, 2.75) is 457 Å². The maximum atomic E-state index is 13.1. The number of ether oxygens (including phenoxy) is 4. The Labute approximate surface area is 619 Å². The van der Waals surface area contributed by atoms with Gasteiger partial charge in [0.1, 0.15) is 19.3 Å². The molecule has 101 heavy (non-hydrogen) atoms. The highest BCUT2D eigenvalue weighted by molar-refractivity contribution is 7.47. The minimum Gasteiger partial charge on any atom is -0.462 e. The molecule has 19 heteroatoms. The molecule has 0 aromatic carbocycles. The highest BCUT2D eigenvalue weighted by atomic mass is 31.2. The molecule has 0 rings (SSSR count). The first-order valence-corrected chi connectivity index (χ1v) is 45.6. The molecule has 0 aromatic rings. The number of phosphoric acid groups is 2. The van der Waals surface area contributed by atoms with E-state index < -0.39 is 97.5 Å². The van der Waals surface area contributed by atoms with Gasteiger partial charge in [0.05, 0.1) is 26.4 Å². The Morgan fingerprint density at radius 3 is 0.673 bits per heavy atom.